The molecule has 0 unspecified atom stereocenters. The SMILES string of the molecule is COCCN(CC(=O)O)C(=O)c1cc(Cl)cn1C(C)C. The average Bonchev–Trinajstić information content (AvgIpc) is 2.75. The number of carboxylic acids is 1. The number of aliphatic carboxylic acids is 1. The minimum atomic E-state index is -1.07. The van der Waals surface area contributed by atoms with Crippen LogP contribution in [-0.4, -0.2) is 53.3 Å². The number of ether oxygens (including phenoxy) is 1. The van der Waals surface area contributed by atoms with Gasteiger partial charge in [-0.2, -0.15) is 0 Å². The smallest absolute Gasteiger partial charge is 0.323 e. The van der Waals surface area contributed by atoms with E-state index >= 15 is 0 Å². The minimum Gasteiger partial charge on any atom is -0.480 e. The number of carbonyl (C=O) groups excluding carboxylic acids is 1. The topological polar surface area (TPSA) is 71.8 Å². The van der Waals surface area contributed by atoms with Crippen molar-refractivity contribution in [3.63, 3.8) is 0 Å². The van der Waals surface area contributed by atoms with Crippen LogP contribution in [0.1, 0.15) is 30.4 Å². The molecule has 1 amide bonds. The minimum absolute atomic E-state index is 0.0514. The van der Waals surface area contributed by atoms with Gasteiger partial charge in [-0.3, -0.25) is 9.59 Å². The first-order chi connectivity index (χ1) is 9.36. The lowest BCUT2D eigenvalue weighted by atomic mass is 10.3. The first-order valence-corrected chi connectivity index (χ1v) is 6.62. The molecule has 0 aliphatic rings. The first kappa shape index (κ1) is 16.5. The molecule has 1 aromatic rings. The Kier molecular flexibility index (Phi) is 6.04. The summed E-state index contributed by atoms with van der Waals surface area (Å²) < 4.78 is 6.63. The van der Waals surface area contributed by atoms with Crippen molar-refractivity contribution in [2.24, 2.45) is 0 Å². The summed E-state index contributed by atoms with van der Waals surface area (Å²) >= 11 is 5.94. The molecular formula is C13H19ClN2O4. The Labute approximate surface area is 122 Å². The number of rotatable bonds is 7. The normalized spacial score (nSPS) is 10.8. The molecule has 0 atom stereocenters. The molecule has 1 aromatic heterocycles. The second-order valence-corrected chi connectivity index (χ2v) is 5.09. The lowest BCUT2D eigenvalue weighted by Gasteiger charge is -2.22. The van der Waals surface area contributed by atoms with Crippen molar-refractivity contribution in [2.75, 3.05) is 26.8 Å². The summed E-state index contributed by atoms with van der Waals surface area (Å²) in [6, 6.07) is 1.60. The molecule has 0 saturated carbocycles. The van der Waals surface area contributed by atoms with E-state index in [9.17, 15) is 9.59 Å². The van der Waals surface area contributed by atoms with Crippen molar-refractivity contribution in [2.45, 2.75) is 19.9 Å². The van der Waals surface area contributed by atoms with Crippen LogP contribution in [0.5, 0.6) is 0 Å². The van der Waals surface area contributed by atoms with Crippen molar-refractivity contribution in [1.29, 1.82) is 0 Å². The van der Waals surface area contributed by atoms with Crippen molar-refractivity contribution in [3.05, 3.63) is 23.0 Å². The van der Waals surface area contributed by atoms with Crippen LogP contribution in [0.3, 0.4) is 0 Å². The molecule has 7 heteroatoms. The van der Waals surface area contributed by atoms with Crippen LogP contribution < -0.4 is 0 Å². The zero-order valence-electron chi connectivity index (χ0n) is 11.8. The third-order valence-corrected chi connectivity index (χ3v) is 2.98. The maximum Gasteiger partial charge on any atom is 0.323 e. The maximum atomic E-state index is 12.5. The Bertz CT molecular complexity index is 485. The number of nitrogens with zero attached hydrogens (tertiary/aromatic N) is 2. The van der Waals surface area contributed by atoms with Crippen LogP contribution in [0.4, 0.5) is 0 Å². The van der Waals surface area contributed by atoms with Gasteiger partial charge in [-0.25, -0.2) is 0 Å². The van der Waals surface area contributed by atoms with Crippen LogP contribution in [0, 0.1) is 0 Å². The number of halogens is 1. The lowest BCUT2D eigenvalue weighted by molar-refractivity contribution is -0.137. The van der Waals surface area contributed by atoms with Gasteiger partial charge in [-0.15, -0.1) is 0 Å². The molecule has 0 aliphatic carbocycles. The van der Waals surface area contributed by atoms with Crippen LogP contribution in [-0.2, 0) is 9.53 Å². The van der Waals surface area contributed by atoms with Gasteiger partial charge >= 0.3 is 5.97 Å². The number of aromatic nitrogens is 1. The van der Waals surface area contributed by atoms with Gasteiger partial charge in [0.25, 0.3) is 5.91 Å². The molecule has 0 spiro atoms. The predicted molar refractivity (Wildman–Crippen MR) is 75.2 cm³/mol. The standard InChI is InChI=1S/C13H19ClN2O4/c1-9(2)16-7-10(14)6-11(16)13(19)15(4-5-20-3)8-12(17)18/h6-7,9H,4-5,8H2,1-3H3,(H,17,18). The summed E-state index contributed by atoms with van der Waals surface area (Å²) in [5.41, 5.74) is 0.377. The molecule has 0 bridgehead atoms. The van der Waals surface area contributed by atoms with E-state index in [4.69, 9.17) is 21.4 Å². The third kappa shape index (κ3) is 4.25. The fraction of sp³-hybridized carbons (Fsp3) is 0.538. The fourth-order valence-electron chi connectivity index (χ4n) is 1.82. The molecular weight excluding hydrogens is 284 g/mol. The number of hydrogen-bond acceptors (Lipinski definition) is 3. The number of amides is 1. The van der Waals surface area contributed by atoms with Crippen molar-refractivity contribution >= 4 is 23.5 Å². The van der Waals surface area contributed by atoms with E-state index in [1.807, 2.05) is 13.8 Å². The van der Waals surface area contributed by atoms with Crippen molar-refractivity contribution in [1.82, 2.24) is 9.47 Å². The molecule has 6 nitrogen and oxygen atoms in total. The van der Waals surface area contributed by atoms with Crippen molar-refractivity contribution < 1.29 is 19.4 Å². The Hall–Kier alpha value is -1.53. The van der Waals surface area contributed by atoms with Crippen LogP contribution in [0.2, 0.25) is 5.02 Å². The highest BCUT2D eigenvalue weighted by Crippen LogP contribution is 2.20. The van der Waals surface area contributed by atoms with E-state index in [0.29, 0.717) is 10.7 Å². The maximum absolute atomic E-state index is 12.5. The summed E-state index contributed by atoms with van der Waals surface area (Å²) in [6.07, 6.45) is 1.66. The van der Waals surface area contributed by atoms with Gasteiger partial charge in [-0.05, 0) is 19.9 Å². The summed E-state index contributed by atoms with van der Waals surface area (Å²) in [4.78, 5) is 24.5. The second-order valence-electron chi connectivity index (χ2n) is 4.66. The Morgan fingerprint density at radius 1 is 1.50 bits per heavy atom. The molecule has 0 fully saturated rings. The number of carboxylic acid groups (broad SMARTS) is 1. The van der Waals surface area contributed by atoms with Gasteiger partial charge in [0.15, 0.2) is 0 Å². The van der Waals surface area contributed by atoms with Gasteiger partial charge in [0.1, 0.15) is 12.2 Å². The molecule has 0 aliphatic heterocycles. The number of methoxy groups -OCH3 is 1. The Balaban J connectivity index is 3.01. The van der Waals surface area contributed by atoms with E-state index in [2.05, 4.69) is 0 Å². The van der Waals surface area contributed by atoms with E-state index < -0.39 is 5.97 Å². The predicted octanol–water partition coefficient (Wildman–Crippen LogP) is 1.90. The van der Waals surface area contributed by atoms with Gasteiger partial charge in [0.05, 0.1) is 11.6 Å². The molecule has 0 radical (unpaired) electrons. The average molecular weight is 303 g/mol. The third-order valence-electron chi connectivity index (χ3n) is 2.77. The molecule has 0 aromatic carbocycles. The van der Waals surface area contributed by atoms with Crippen LogP contribution in [0.15, 0.2) is 12.3 Å². The highest BCUT2D eigenvalue weighted by Gasteiger charge is 2.22. The number of carbonyl (C=O) groups is 2. The highest BCUT2D eigenvalue weighted by molar-refractivity contribution is 6.31. The molecule has 1 heterocycles. The summed E-state index contributed by atoms with van der Waals surface area (Å²) in [5, 5.41) is 9.34. The van der Waals surface area contributed by atoms with E-state index in [1.165, 1.54) is 12.0 Å². The molecule has 1 N–H and O–H groups in total. The Morgan fingerprint density at radius 3 is 2.65 bits per heavy atom. The molecule has 0 saturated heterocycles. The Morgan fingerprint density at radius 2 is 2.15 bits per heavy atom. The van der Waals surface area contributed by atoms with Crippen LogP contribution in [0.25, 0.3) is 0 Å². The van der Waals surface area contributed by atoms with Crippen LogP contribution >= 0.6 is 11.6 Å². The van der Waals surface area contributed by atoms with E-state index in [0.717, 1.165) is 0 Å². The lowest BCUT2D eigenvalue weighted by Crippen LogP contribution is -2.39. The van der Waals surface area contributed by atoms with Gasteiger partial charge in [0, 0.05) is 25.9 Å². The van der Waals surface area contributed by atoms with E-state index in [-0.39, 0.29) is 31.6 Å². The summed E-state index contributed by atoms with van der Waals surface area (Å²) in [6.45, 7) is 3.95. The largest absolute Gasteiger partial charge is 0.480 e. The summed E-state index contributed by atoms with van der Waals surface area (Å²) in [5.74, 6) is -1.44. The zero-order chi connectivity index (χ0) is 15.3. The first-order valence-electron chi connectivity index (χ1n) is 6.24. The number of hydrogen-bond donors (Lipinski definition) is 1. The highest BCUT2D eigenvalue weighted by atomic mass is 35.5. The monoisotopic (exact) mass is 302 g/mol. The van der Waals surface area contributed by atoms with Gasteiger partial charge in [-0.1, -0.05) is 11.6 Å². The van der Waals surface area contributed by atoms with Gasteiger partial charge in [0.2, 0.25) is 0 Å². The zero-order valence-corrected chi connectivity index (χ0v) is 12.6. The van der Waals surface area contributed by atoms with Crippen molar-refractivity contribution in [3.8, 4) is 0 Å². The quantitative estimate of drug-likeness (QED) is 0.835. The fourth-order valence-corrected chi connectivity index (χ4v) is 2.03. The second kappa shape index (κ2) is 7.31. The molecule has 112 valence electrons. The summed E-state index contributed by atoms with van der Waals surface area (Å²) in [7, 11) is 1.50. The molecule has 1 rings (SSSR count). The molecule has 20 heavy (non-hydrogen) atoms. The van der Waals surface area contributed by atoms with Gasteiger partial charge < -0.3 is 19.3 Å². The van der Waals surface area contributed by atoms with E-state index in [1.54, 1.807) is 16.8 Å².